The topological polar surface area (TPSA) is 75.3 Å². The van der Waals surface area contributed by atoms with Gasteiger partial charge in [0.15, 0.2) is 11.6 Å². The summed E-state index contributed by atoms with van der Waals surface area (Å²) in [4.78, 5) is 25.8. The molecule has 4 rings (SSSR count). The second kappa shape index (κ2) is 8.47. The highest BCUT2D eigenvalue weighted by atomic mass is 32.2. The van der Waals surface area contributed by atoms with Crippen LogP contribution >= 0.6 is 11.8 Å². The molecule has 0 bridgehead atoms. The third-order valence-corrected chi connectivity index (χ3v) is 6.97. The number of hydrogen-bond donors (Lipinski definition) is 1. The zero-order valence-electron chi connectivity index (χ0n) is 17.0. The maximum absolute atomic E-state index is 13.4. The van der Waals surface area contributed by atoms with E-state index in [1.54, 1.807) is 11.2 Å². The lowest BCUT2D eigenvalue weighted by Gasteiger charge is -2.42. The Morgan fingerprint density at radius 1 is 1.27 bits per heavy atom. The van der Waals surface area contributed by atoms with Gasteiger partial charge in [-0.3, -0.25) is 4.79 Å². The second-order valence-electron chi connectivity index (χ2n) is 7.90. The molecule has 1 amide bonds. The Hall–Kier alpha value is -2.26. The van der Waals surface area contributed by atoms with Crippen molar-refractivity contribution in [2.75, 3.05) is 24.5 Å². The fraction of sp³-hybridized carbons (Fsp3) is 0.476. The Bertz CT molecular complexity index is 959. The highest BCUT2D eigenvalue weighted by Gasteiger charge is 2.34. The number of amides is 1. The zero-order chi connectivity index (χ0) is 21.4. The van der Waals surface area contributed by atoms with Gasteiger partial charge in [0.05, 0.1) is 11.7 Å². The van der Waals surface area contributed by atoms with Crippen molar-refractivity contribution in [3.8, 4) is 0 Å². The van der Waals surface area contributed by atoms with E-state index < -0.39 is 17.7 Å². The number of hydrogen-bond acceptors (Lipinski definition) is 6. The number of fused-ring (bicyclic) bond motifs is 1. The number of anilines is 1. The number of nitrogens with zero attached hydrogens (tertiary/aromatic N) is 4. The van der Waals surface area contributed by atoms with E-state index in [1.807, 2.05) is 11.8 Å². The molecule has 2 aromatic rings. The number of rotatable bonds is 4. The van der Waals surface area contributed by atoms with Crippen molar-refractivity contribution in [3.05, 3.63) is 53.0 Å². The SMILES string of the molecule is CC1CN(C(=O)[C@H](N)Cc2ccc(F)c(F)c2)CCN1c1ncnc2c1[C@H](C)SC2. The molecule has 30 heavy (non-hydrogen) atoms. The average Bonchev–Trinajstić information content (AvgIpc) is 3.11. The highest BCUT2D eigenvalue weighted by molar-refractivity contribution is 7.99. The highest BCUT2D eigenvalue weighted by Crippen LogP contribution is 2.44. The largest absolute Gasteiger partial charge is 0.350 e. The first-order valence-corrected chi connectivity index (χ1v) is 11.1. The fourth-order valence-electron chi connectivity index (χ4n) is 4.18. The number of benzene rings is 1. The van der Waals surface area contributed by atoms with E-state index in [-0.39, 0.29) is 18.4 Å². The Balaban J connectivity index is 1.42. The summed E-state index contributed by atoms with van der Waals surface area (Å²) in [6, 6.07) is 2.89. The molecule has 1 aromatic heterocycles. The molecular weight excluding hydrogens is 408 g/mol. The molecular formula is C21H25F2N5OS. The van der Waals surface area contributed by atoms with E-state index in [9.17, 15) is 13.6 Å². The van der Waals surface area contributed by atoms with Gasteiger partial charge in [-0.1, -0.05) is 6.07 Å². The van der Waals surface area contributed by atoms with Gasteiger partial charge in [-0.25, -0.2) is 18.7 Å². The first kappa shape index (κ1) is 21.0. The minimum Gasteiger partial charge on any atom is -0.350 e. The quantitative estimate of drug-likeness (QED) is 0.799. The van der Waals surface area contributed by atoms with Crippen molar-refractivity contribution in [2.45, 2.75) is 43.4 Å². The molecule has 1 fully saturated rings. The van der Waals surface area contributed by atoms with Gasteiger partial charge in [0, 0.05) is 42.2 Å². The molecule has 2 N–H and O–H groups in total. The Kier molecular flexibility index (Phi) is 5.92. The van der Waals surface area contributed by atoms with Gasteiger partial charge in [-0.2, -0.15) is 0 Å². The van der Waals surface area contributed by atoms with Gasteiger partial charge < -0.3 is 15.5 Å². The number of nitrogens with two attached hydrogens (primary N) is 1. The molecule has 0 saturated carbocycles. The summed E-state index contributed by atoms with van der Waals surface area (Å²) in [7, 11) is 0. The van der Waals surface area contributed by atoms with Crippen molar-refractivity contribution in [1.82, 2.24) is 14.9 Å². The molecule has 9 heteroatoms. The number of carbonyl (C=O) groups is 1. The number of piperazine rings is 1. The third kappa shape index (κ3) is 4.00. The van der Waals surface area contributed by atoms with Gasteiger partial charge in [-0.15, -0.1) is 11.8 Å². The molecule has 2 aliphatic rings. The average molecular weight is 434 g/mol. The fourth-order valence-corrected chi connectivity index (χ4v) is 5.23. The maximum Gasteiger partial charge on any atom is 0.239 e. The van der Waals surface area contributed by atoms with Gasteiger partial charge in [0.1, 0.15) is 12.1 Å². The van der Waals surface area contributed by atoms with Crippen molar-refractivity contribution in [1.29, 1.82) is 0 Å². The van der Waals surface area contributed by atoms with E-state index in [0.29, 0.717) is 30.4 Å². The normalized spacial score (nSPS) is 22.2. The van der Waals surface area contributed by atoms with Crippen LogP contribution in [0.4, 0.5) is 14.6 Å². The molecule has 1 saturated heterocycles. The first-order chi connectivity index (χ1) is 14.3. The predicted molar refractivity (Wildman–Crippen MR) is 113 cm³/mol. The lowest BCUT2D eigenvalue weighted by Crippen LogP contribution is -2.57. The summed E-state index contributed by atoms with van der Waals surface area (Å²) in [5.41, 5.74) is 8.90. The Morgan fingerprint density at radius 2 is 2.07 bits per heavy atom. The maximum atomic E-state index is 13.4. The number of halogens is 2. The molecule has 0 spiro atoms. The molecule has 3 heterocycles. The lowest BCUT2D eigenvalue weighted by molar-refractivity contribution is -0.133. The number of carbonyl (C=O) groups excluding carboxylic acids is 1. The molecule has 0 aliphatic carbocycles. The summed E-state index contributed by atoms with van der Waals surface area (Å²) in [6.45, 7) is 5.97. The summed E-state index contributed by atoms with van der Waals surface area (Å²) in [5.74, 6) is -0.157. The summed E-state index contributed by atoms with van der Waals surface area (Å²) < 4.78 is 26.6. The molecule has 160 valence electrons. The van der Waals surface area contributed by atoms with E-state index in [2.05, 4.69) is 28.7 Å². The van der Waals surface area contributed by atoms with Gasteiger partial charge >= 0.3 is 0 Å². The predicted octanol–water partition coefficient (Wildman–Crippen LogP) is 2.67. The van der Waals surface area contributed by atoms with Crippen LogP contribution in [0.25, 0.3) is 0 Å². The van der Waals surface area contributed by atoms with Crippen LogP contribution in [0, 0.1) is 11.6 Å². The van der Waals surface area contributed by atoms with Crippen molar-refractivity contribution in [2.24, 2.45) is 5.73 Å². The van der Waals surface area contributed by atoms with Crippen LogP contribution in [0.1, 0.15) is 35.9 Å². The smallest absolute Gasteiger partial charge is 0.239 e. The van der Waals surface area contributed by atoms with E-state index in [4.69, 9.17) is 5.73 Å². The van der Waals surface area contributed by atoms with Crippen LogP contribution in [-0.4, -0.2) is 52.5 Å². The monoisotopic (exact) mass is 433 g/mol. The van der Waals surface area contributed by atoms with Crippen LogP contribution < -0.4 is 10.6 Å². The van der Waals surface area contributed by atoms with Crippen molar-refractivity contribution >= 4 is 23.5 Å². The minimum absolute atomic E-state index is 0.0787. The standard InChI is InChI=1S/C21H25F2N5OS/c1-12-9-27(21(29)17(24)8-14-3-4-15(22)16(23)7-14)5-6-28(12)20-19-13(2)30-10-18(19)25-11-26-20/h3-4,7,11-13,17H,5-6,8-10,24H2,1-2H3/t12?,13-,17+/m0/s1. The van der Waals surface area contributed by atoms with Crippen LogP contribution in [0.2, 0.25) is 0 Å². The third-order valence-electron chi connectivity index (χ3n) is 5.79. The van der Waals surface area contributed by atoms with E-state index >= 15 is 0 Å². The first-order valence-electron chi connectivity index (χ1n) is 10.1. The van der Waals surface area contributed by atoms with Crippen LogP contribution in [0.5, 0.6) is 0 Å². The minimum atomic E-state index is -0.931. The van der Waals surface area contributed by atoms with E-state index in [1.165, 1.54) is 11.6 Å². The lowest BCUT2D eigenvalue weighted by atomic mass is 10.0. The van der Waals surface area contributed by atoms with Crippen LogP contribution in [0.3, 0.4) is 0 Å². The summed E-state index contributed by atoms with van der Waals surface area (Å²) >= 11 is 1.86. The Labute approximate surface area is 178 Å². The van der Waals surface area contributed by atoms with Gasteiger partial charge in [0.25, 0.3) is 0 Å². The second-order valence-corrected chi connectivity index (χ2v) is 9.23. The molecule has 3 atom stereocenters. The zero-order valence-corrected chi connectivity index (χ0v) is 17.8. The molecule has 2 aliphatic heterocycles. The Morgan fingerprint density at radius 3 is 2.80 bits per heavy atom. The molecule has 0 radical (unpaired) electrons. The van der Waals surface area contributed by atoms with E-state index in [0.717, 1.165) is 29.4 Å². The van der Waals surface area contributed by atoms with Gasteiger partial charge in [0.2, 0.25) is 5.91 Å². The number of thioether (sulfide) groups is 1. The number of aromatic nitrogens is 2. The summed E-state index contributed by atoms with van der Waals surface area (Å²) in [5, 5.41) is 0.354. The molecule has 1 unspecified atom stereocenters. The van der Waals surface area contributed by atoms with Crippen LogP contribution in [-0.2, 0) is 17.0 Å². The van der Waals surface area contributed by atoms with Crippen LogP contribution in [0.15, 0.2) is 24.5 Å². The van der Waals surface area contributed by atoms with Gasteiger partial charge in [-0.05, 0) is 38.0 Å². The molecule has 6 nitrogen and oxygen atoms in total. The van der Waals surface area contributed by atoms with Crippen molar-refractivity contribution in [3.63, 3.8) is 0 Å². The van der Waals surface area contributed by atoms with Crippen molar-refractivity contribution < 1.29 is 13.6 Å². The molecule has 1 aromatic carbocycles. The summed E-state index contributed by atoms with van der Waals surface area (Å²) in [6.07, 6.45) is 1.79.